The molecular formula is C22H26FNO3S. The summed E-state index contributed by atoms with van der Waals surface area (Å²) in [5.74, 6) is 1.52. The minimum atomic E-state index is -0.516. The lowest BCUT2D eigenvalue weighted by Crippen LogP contribution is -2.37. The molecule has 6 heteroatoms. The minimum Gasteiger partial charge on any atom is -0.460 e. The van der Waals surface area contributed by atoms with Crippen LogP contribution in [-0.2, 0) is 21.9 Å². The molecule has 2 atom stereocenters. The van der Waals surface area contributed by atoms with Gasteiger partial charge in [0.1, 0.15) is 11.6 Å². The molecule has 1 heterocycles. The molecule has 0 saturated carbocycles. The van der Waals surface area contributed by atoms with E-state index in [1.54, 1.807) is 0 Å². The second-order valence-corrected chi connectivity index (χ2v) is 8.30. The number of halogens is 1. The Bertz CT molecular complexity index is 813. The highest BCUT2D eigenvalue weighted by Gasteiger charge is 2.25. The zero-order valence-electron chi connectivity index (χ0n) is 16.4. The van der Waals surface area contributed by atoms with Gasteiger partial charge in [0.05, 0.1) is 12.4 Å². The molecule has 0 aromatic heterocycles. The highest BCUT2D eigenvalue weighted by atomic mass is 32.2. The maximum Gasteiger partial charge on any atom is 0.230 e. The van der Waals surface area contributed by atoms with Gasteiger partial charge in [0.2, 0.25) is 12.2 Å². The van der Waals surface area contributed by atoms with Crippen LogP contribution in [0.2, 0.25) is 0 Å². The lowest BCUT2D eigenvalue weighted by atomic mass is 10.1. The first-order valence-electron chi connectivity index (χ1n) is 9.45. The lowest BCUT2D eigenvalue weighted by molar-refractivity contribution is -0.119. The van der Waals surface area contributed by atoms with E-state index in [0.29, 0.717) is 28.7 Å². The van der Waals surface area contributed by atoms with Crippen LogP contribution in [0.25, 0.3) is 0 Å². The number of carbonyl (C=O) groups is 1. The molecule has 0 saturated heterocycles. The number of nitrogens with one attached hydrogen (secondary N) is 1. The van der Waals surface area contributed by atoms with Gasteiger partial charge in [0.25, 0.3) is 0 Å². The molecule has 1 aliphatic rings. The van der Waals surface area contributed by atoms with Crippen LogP contribution in [0, 0.1) is 11.7 Å². The van der Waals surface area contributed by atoms with Gasteiger partial charge in [-0.1, -0.05) is 44.2 Å². The molecule has 0 spiro atoms. The summed E-state index contributed by atoms with van der Waals surface area (Å²) in [5, 5.41) is 2.98. The Morgan fingerprint density at radius 2 is 2.00 bits per heavy atom. The first-order chi connectivity index (χ1) is 13.4. The molecule has 0 aliphatic carbocycles. The zero-order chi connectivity index (χ0) is 20.1. The van der Waals surface area contributed by atoms with Gasteiger partial charge in [-0.2, -0.15) is 0 Å². The van der Waals surface area contributed by atoms with Crippen molar-refractivity contribution in [3.63, 3.8) is 0 Å². The number of ether oxygens (including phenoxy) is 2. The number of amides is 1. The van der Waals surface area contributed by atoms with Crippen LogP contribution in [0.4, 0.5) is 4.39 Å². The van der Waals surface area contributed by atoms with Crippen molar-refractivity contribution in [1.82, 2.24) is 5.32 Å². The van der Waals surface area contributed by atoms with E-state index in [1.165, 1.54) is 23.9 Å². The van der Waals surface area contributed by atoms with Crippen molar-refractivity contribution in [2.45, 2.75) is 45.5 Å². The first-order valence-corrected chi connectivity index (χ1v) is 10.6. The summed E-state index contributed by atoms with van der Waals surface area (Å²) in [5.41, 5.74) is 2.35. The summed E-state index contributed by atoms with van der Waals surface area (Å²) in [6, 6.07) is 12.7. The van der Waals surface area contributed by atoms with Crippen LogP contribution in [0.1, 0.15) is 43.8 Å². The van der Waals surface area contributed by atoms with Gasteiger partial charge < -0.3 is 14.8 Å². The molecule has 0 bridgehead atoms. The Labute approximate surface area is 169 Å². The quantitative estimate of drug-likeness (QED) is 0.720. The van der Waals surface area contributed by atoms with Crippen molar-refractivity contribution in [2.24, 2.45) is 5.92 Å². The first kappa shape index (κ1) is 20.7. The molecular weight excluding hydrogens is 377 g/mol. The number of benzene rings is 2. The van der Waals surface area contributed by atoms with Gasteiger partial charge in [-0.05, 0) is 25.0 Å². The number of rotatable bonds is 7. The summed E-state index contributed by atoms with van der Waals surface area (Å²) in [6.07, 6.45) is -0.516. The fraction of sp³-hybridized carbons (Fsp3) is 0.409. The Hall–Kier alpha value is -2.05. The predicted octanol–water partition coefficient (Wildman–Crippen LogP) is 4.83. The summed E-state index contributed by atoms with van der Waals surface area (Å²) in [4.78, 5) is 12.1. The molecule has 2 aromatic carbocycles. The summed E-state index contributed by atoms with van der Waals surface area (Å²) < 4.78 is 25.8. The van der Waals surface area contributed by atoms with Gasteiger partial charge in [-0.3, -0.25) is 4.79 Å². The van der Waals surface area contributed by atoms with E-state index in [0.717, 1.165) is 11.1 Å². The van der Waals surface area contributed by atoms with Crippen molar-refractivity contribution in [3.8, 4) is 5.75 Å². The number of thioether (sulfide) groups is 1. The largest absolute Gasteiger partial charge is 0.460 e. The summed E-state index contributed by atoms with van der Waals surface area (Å²) in [6.45, 7) is 6.42. The molecule has 3 rings (SSSR count). The van der Waals surface area contributed by atoms with Crippen LogP contribution in [0.3, 0.4) is 0 Å². The normalized spacial score (nSPS) is 17.0. The van der Waals surface area contributed by atoms with Crippen molar-refractivity contribution >= 4 is 17.7 Å². The van der Waals surface area contributed by atoms with Gasteiger partial charge in [0, 0.05) is 28.5 Å². The van der Waals surface area contributed by atoms with E-state index >= 15 is 0 Å². The summed E-state index contributed by atoms with van der Waals surface area (Å²) >= 11 is 1.45. The Morgan fingerprint density at radius 1 is 1.25 bits per heavy atom. The highest BCUT2D eigenvalue weighted by Crippen LogP contribution is 2.37. The van der Waals surface area contributed by atoms with Crippen LogP contribution in [0.5, 0.6) is 5.75 Å². The predicted molar refractivity (Wildman–Crippen MR) is 110 cm³/mol. The number of carbonyl (C=O) groups excluding carboxylic acids is 1. The number of hydrogen-bond donors (Lipinski definition) is 1. The monoisotopic (exact) mass is 403 g/mol. The topological polar surface area (TPSA) is 47.6 Å². The molecule has 4 nitrogen and oxygen atoms in total. The molecule has 0 radical (unpaired) electrons. The zero-order valence-corrected chi connectivity index (χ0v) is 17.2. The third-order valence-electron chi connectivity index (χ3n) is 4.77. The number of fused-ring (bicyclic) bond motifs is 1. The SMILES string of the molecule is CC(C)[C@H](C)NC(=O)CSCc1cc(F)cc2c1O[C@@H](c1ccccc1)OC2. The van der Waals surface area contributed by atoms with E-state index < -0.39 is 6.29 Å². The van der Waals surface area contributed by atoms with E-state index in [9.17, 15) is 9.18 Å². The van der Waals surface area contributed by atoms with Gasteiger partial charge in [0.15, 0.2) is 0 Å². The standard InChI is InChI=1S/C22H26FNO3S/c1-14(2)15(3)24-20(25)13-28-12-18-10-19(23)9-17-11-26-22(27-21(17)18)16-7-5-4-6-8-16/h4-10,14-15,22H,11-13H2,1-3H3,(H,24,25)/t15-,22-/m0/s1. The number of hydrogen-bond acceptors (Lipinski definition) is 4. The second-order valence-electron chi connectivity index (χ2n) is 7.32. The van der Waals surface area contributed by atoms with Crippen molar-refractivity contribution < 1.29 is 18.7 Å². The van der Waals surface area contributed by atoms with E-state index in [4.69, 9.17) is 9.47 Å². The Morgan fingerprint density at radius 3 is 2.71 bits per heavy atom. The van der Waals surface area contributed by atoms with E-state index in [-0.39, 0.29) is 24.4 Å². The molecule has 1 amide bonds. The molecule has 1 aliphatic heterocycles. The second kappa shape index (κ2) is 9.43. The van der Waals surface area contributed by atoms with Gasteiger partial charge in [-0.15, -0.1) is 11.8 Å². The molecule has 1 N–H and O–H groups in total. The van der Waals surface area contributed by atoms with Crippen LogP contribution in [0.15, 0.2) is 42.5 Å². The van der Waals surface area contributed by atoms with E-state index in [2.05, 4.69) is 19.2 Å². The average Bonchev–Trinajstić information content (AvgIpc) is 2.68. The van der Waals surface area contributed by atoms with Crippen LogP contribution >= 0.6 is 11.8 Å². The maximum atomic E-state index is 14.0. The third kappa shape index (κ3) is 5.26. The average molecular weight is 404 g/mol. The highest BCUT2D eigenvalue weighted by molar-refractivity contribution is 7.99. The molecule has 0 unspecified atom stereocenters. The smallest absolute Gasteiger partial charge is 0.230 e. The van der Waals surface area contributed by atoms with Gasteiger partial charge >= 0.3 is 0 Å². The van der Waals surface area contributed by atoms with Crippen molar-refractivity contribution in [2.75, 3.05) is 5.75 Å². The molecule has 28 heavy (non-hydrogen) atoms. The summed E-state index contributed by atoms with van der Waals surface area (Å²) in [7, 11) is 0. The Balaban J connectivity index is 1.66. The maximum absolute atomic E-state index is 14.0. The van der Waals surface area contributed by atoms with Crippen molar-refractivity contribution in [1.29, 1.82) is 0 Å². The fourth-order valence-electron chi connectivity index (χ4n) is 2.87. The van der Waals surface area contributed by atoms with Crippen LogP contribution in [-0.4, -0.2) is 17.7 Å². The fourth-order valence-corrected chi connectivity index (χ4v) is 3.68. The Kier molecular flexibility index (Phi) is 6.97. The minimum absolute atomic E-state index is 0.0112. The van der Waals surface area contributed by atoms with Crippen LogP contribution < -0.4 is 10.1 Å². The molecule has 150 valence electrons. The van der Waals surface area contributed by atoms with Crippen molar-refractivity contribution in [3.05, 3.63) is 65.0 Å². The van der Waals surface area contributed by atoms with E-state index in [1.807, 2.05) is 37.3 Å². The lowest BCUT2D eigenvalue weighted by Gasteiger charge is -2.28. The third-order valence-corrected chi connectivity index (χ3v) is 5.76. The molecule has 0 fully saturated rings. The van der Waals surface area contributed by atoms with Gasteiger partial charge in [-0.25, -0.2) is 4.39 Å². The molecule has 2 aromatic rings.